The molecule has 158 valence electrons. The van der Waals surface area contributed by atoms with E-state index in [9.17, 15) is 14.8 Å². The van der Waals surface area contributed by atoms with Crippen LogP contribution in [0.2, 0.25) is 5.02 Å². The lowest BCUT2D eigenvalue weighted by atomic mass is 10.1. The predicted molar refractivity (Wildman–Crippen MR) is 118 cm³/mol. The second kappa shape index (κ2) is 10.3. The fourth-order valence-corrected chi connectivity index (χ4v) is 3.42. The molecule has 0 saturated heterocycles. The molecule has 0 spiro atoms. The van der Waals surface area contributed by atoms with Gasteiger partial charge in [-0.1, -0.05) is 49.9 Å². The third-order valence-electron chi connectivity index (χ3n) is 4.94. The third kappa shape index (κ3) is 5.40. The number of H-pyrrole nitrogens is 1. The van der Waals surface area contributed by atoms with Gasteiger partial charge < -0.3 is 4.98 Å². The first kappa shape index (κ1) is 21.9. The second-order valence-corrected chi connectivity index (χ2v) is 7.69. The molecule has 0 saturated carbocycles. The smallest absolute Gasteiger partial charge is 0.267 e. The van der Waals surface area contributed by atoms with Gasteiger partial charge in [-0.2, -0.15) is 5.01 Å². The Kier molecular flexibility index (Phi) is 7.49. The highest BCUT2D eigenvalue weighted by Gasteiger charge is 2.27. The number of anilines is 1. The Balaban J connectivity index is 1.84. The molecule has 30 heavy (non-hydrogen) atoms. The summed E-state index contributed by atoms with van der Waals surface area (Å²) >= 11 is 5.92. The van der Waals surface area contributed by atoms with E-state index in [4.69, 9.17) is 11.6 Å². The lowest BCUT2D eigenvalue weighted by Crippen LogP contribution is -2.48. The number of benzene rings is 2. The molecule has 0 atom stereocenters. The highest BCUT2D eigenvalue weighted by Crippen LogP contribution is 2.24. The van der Waals surface area contributed by atoms with E-state index in [2.05, 4.69) is 11.9 Å². The van der Waals surface area contributed by atoms with Crippen molar-refractivity contribution in [3.05, 3.63) is 65.3 Å². The van der Waals surface area contributed by atoms with Gasteiger partial charge in [0.2, 0.25) is 0 Å². The van der Waals surface area contributed by atoms with Crippen molar-refractivity contribution in [1.29, 1.82) is 0 Å². The van der Waals surface area contributed by atoms with Gasteiger partial charge in [0.05, 0.1) is 12.1 Å². The zero-order valence-corrected chi connectivity index (χ0v) is 17.7. The molecule has 3 aromatic rings. The van der Waals surface area contributed by atoms with Gasteiger partial charge in [-0.15, -0.1) is 5.17 Å². The molecule has 1 aromatic heterocycles. The molecule has 3 rings (SSSR count). The summed E-state index contributed by atoms with van der Waals surface area (Å²) in [5, 5.41) is 13.6. The van der Waals surface area contributed by atoms with Crippen LogP contribution in [0.25, 0.3) is 10.9 Å². The minimum absolute atomic E-state index is 0.0164. The average Bonchev–Trinajstić information content (AvgIpc) is 3.21. The number of aromatic nitrogens is 1. The minimum Gasteiger partial charge on any atom is -0.361 e. The van der Waals surface area contributed by atoms with Crippen LogP contribution in [0, 0.1) is 0 Å². The molecule has 0 bridgehead atoms. The monoisotopic (exact) mass is 427 g/mol. The van der Waals surface area contributed by atoms with E-state index in [1.54, 1.807) is 42.6 Å². The van der Waals surface area contributed by atoms with Gasteiger partial charge in [0.15, 0.2) is 0 Å². The van der Waals surface area contributed by atoms with E-state index < -0.39 is 11.8 Å². The fraction of sp³-hybridized carbons (Fsp3) is 0.304. The van der Waals surface area contributed by atoms with Crippen molar-refractivity contribution >= 4 is 40.0 Å². The zero-order chi connectivity index (χ0) is 21.5. The summed E-state index contributed by atoms with van der Waals surface area (Å²) in [6, 6.07) is 14.1. The van der Waals surface area contributed by atoms with Crippen LogP contribution in [0.5, 0.6) is 0 Å². The Labute approximate surface area is 181 Å². The van der Waals surface area contributed by atoms with Crippen molar-refractivity contribution in [3.8, 4) is 0 Å². The average molecular weight is 428 g/mol. The van der Waals surface area contributed by atoms with Crippen molar-refractivity contribution in [1.82, 2.24) is 10.2 Å². The second-order valence-electron chi connectivity index (χ2n) is 7.25. The zero-order valence-electron chi connectivity index (χ0n) is 17.0. The number of hydrogen-bond acceptors (Lipinski definition) is 3. The number of nitrogens with zero attached hydrogens (tertiary/aromatic N) is 2. The molecule has 0 fully saturated rings. The Bertz CT molecular complexity index is 1000. The highest BCUT2D eigenvalue weighted by atomic mass is 35.5. The summed E-state index contributed by atoms with van der Waals surface area (Å²) in [4.78, 5) is 28.8. The Morgan fingerprint density at radius 3 is 2.50 bits per heavy atom. The van der Waals surface area contributed by atoms with Gasteiger partial charge in [-0.05, 0) is 48.4 Å². The first-order chi connectivity index (χ1) is 14.5. The molecule has 2 aromatic carbocycles. The first-order valence-corrected chi connectivity index (χ1v) is 10.5. The van der Waals surface area contributed by atoms with Crippen LogP contribution in [-0.4, -0.2) is 27.2 Å². The summed E-state index contributed by atoms with van der Waals surface area (Å²) in [7, 11) is 0. The topological polar surface area (TPSA) is 76.6 Å². The summed E-state index contributed by atoms with van der Waals surface area (Å²) in [6.45, 7) is 2.09. The lowest BCUT2D eigenvalue weighted by molar-refractivity contribution is -0.172. The quantitative estimate of drug-likeness (QED) is 0.283. The number of amides is 2. The third-order valence-corrected chi connectivity index (χ3v) is 5.19. The largest absolute Gasteiger partial charge is 0.361 e. The van der Waals surface area contributed by atoms with E-state index >= 15 is 0 Å². The molecule has 0 aliphatic carbocycles. The van der Waals surface area contributed by atoms with E-state index in [0.29, 0.717) is 22.3 Å². The number of halogens is 1. The van der Waals surface area contributed by atoms with Crippen LogP contribution in [0.3, 0.4) is 0 Å². The fourth-order valence-electron chi connectivity index (χ4n) is 3.30. The molecule has 0 radical (unpaired) electrons. The predicted octanol–water partition coefficient (Wildman–Crippen LogP) is 5.50. The number of hydroxylamine groups is 1. The number of carbonyl (C=O) groups is 2. The summed E-state index contributed by atoms with van der Waals surface area (Å²) in [5.41, 5.74) is 2.06. The summed E-state index contributed by atoms with van der Waals surface area (Å²) in [6.07, 6.45) is 5.64. The van der Waals surface area contributed by atoms with Crippen LogP contribution in [0.4, 0.5) is 5.69 Å². The van der Waals surface area contributed by atoms with Crippen molar-refractivity contribution < 1.29 is 14.8 Å². The molecule has 1 heterocycles. The highest BCUT2D eigenvalue weighted by molar-refractivity contribution is 6.30. The van der Waals surface area contributed by atoms with Crippen molar-refractivity contribution in [2.45, 2.75) is 45.4 Å². The Morgan fingerprint density at radius 2 is 1.77 bits per heavy atom. The number of fused-ring (bicyclic) bond motifs is 1. The normalized spacial score (nSPS) is 10.9. The van der Waals surface area contributed by atoms with Crippen molar-refractivity contribution in [2.24, 2.45) is 0 Å². The van der Waals surface area contributed by atoms with E-state index in [-0.39, 0.29) is 12.8 Å². The maximum atomic E-state index is 13.1. The summed E-state index contributed by atoms with van der Waals surface area (Å²) < 4.78 is 0. The van der Waals surface area contributed by atoms with Crippen molar-refractivity contribution in [3.63, 3.8) is 0 Å². The van der Waals surface area contributed by atoms with Crippen LogP contribution >= 0.6 is 11.6 Å². The van der Waals surface area contributed by atoms with Gasteiger partial charge in [-0.3, -0.25) is 14.8 Å². The molecule has 0 unspecified atom stereocenters. The number of hydrogen-bond donors (Lipinski definition) is 2. The number of carbonyl (C=O) groups excluding carboxylic acids is 2. The van der Waals surface area contributed by atoms with Gasteiger partial charge in [0, 0.05) is 28.5 Å². The molecular formula is C23H26ClN3O3. The maximum Gasteiger partial charge on any atom is 0.267 e. The van der Waals surface area contributed by atoms with Crippen LogP contribution in [-0.2, 0) is 16.0 Å². The standard InChI is InChI=1S/C23H26ClN3O3/c1-2-3-4-5-6-22(28)27(30)26(20-11-12-21-18(16-20)13-14-25-21)23(29)15-17-7-9-19(24)10-8-17/h7-14,16,25,30H,2-6,15H2,1H3. The Hall–Kier alpha value is -2.83. The number of rotatable bonds is 8. The molecule has 6 nitrogen and oxygen atoms in total. The van der Waals surface area contributed by atoms with Gasteiger partial charge in [-0.25, -0.2) is 0 Å². The molecule has 0 aliphatic rings. The molecular weight excluding hydrogens is 402 g/mol. The van der Waals surface area contributed by atoms with E-state index in [0.717, 1.165) is 40.7 Å². The molecule has 0 aliphatic heterocycles. The van der Waals surface area contributed by atoms with Gasteiger partial charge in [0.25, 0.3) is 11.8 Å². The lowest BCUT2D eigenvalue weighted by Gasteiger charge is -2.29. The van der Waals surface area contributed by atoms with Gasteiger partial charge in [0.1, 0.15) is 0 Å². The van der Waals surface area contributed by atoms with E-state index in [1.807, 2.05) is 12.1 Å². The van der Waals surface area contributed by atoms with Crippen LogP contribution < -0.4 is 5.01 Å². The molecule has 7 heteroatoms. The van der Waals surface area contributed by atoms with Crippen molar-refractivity contribution in [2.75, 3.05) is 5.01 Å². The number of hydrazine groups is 1. The van der Waals surface area contributed by atoms with Crippen LogP contribution in [0.1, 0.15) is 44.6 Å². The van der Waals surface area contributed by atoms with Crippen LogP contribution in [0.15, 0.2) is 54.7 Å². The minimum atomic E-state index is -0.510. The number of aromatic amines is 1. The number of unbranched alkanes of at least 4 members (excludes halogenated alkanes) is 3. The van der Waals surface area contributed by atoms with E-state index in [1.165, 1.54) is 0 Å². The first-order valence-electron chi connectivity index (χ1n) is 10.2. The molecule has 2 N–H and O–H groups in total. The Morgan fingerprint density at radius 1 is 1.00 bits per heavy atom. The van der Waals surface area contributed by atoms with Gasteiger partial charge >= 0.3 is 0 Å². The molecule has 2 amide bonds. The SMILES string of the molecule is CCCCCCC(=O)N(O)N(C(=O)Cc1ccc(Cl)cc1)c1ccc2[nH]ccc2c1. The summed E-state index contributed by atoms with van der Waals surface area (Å²) in [5.74, 6) is -0.929. The number of nitrogens with one attached hydrogen (secondary N) is 1. The maximum absolute atomic E-state index is 13.1.